The first-order valence-corrected chi connectivity index (χ1v) is 6.71. The number of benzene rings is 1. The van der Waals surface area contributed by atoms with Crippen molar-refractivity contribution in [2.45, 2.75) is 39.3 Å². The number of rotatable bonds is 4. The van der Waals surface area contributed by atoms with E-state index in [-0.39, 0.29) is 11.6 Å². The number of nitrogens with zero attached hydrogens (tertiary/aromatic N) is 1. The molecule has 1 aromatic heterocycles. The minimum Gasteiger partial charge on any atom is -0.489 e. The van der Waals surface area contributed by atoms with Crippen LogP contribution in [0.25, 0.3) is 10.9 Å². The summed E-state index contributed by atoms with van der Waals surface area (Å²) < 4.78 is 6.02. The van der Waals surface area contributed by atoms with Crippen LogP contribution in [0.4, 0.5) is 0 Å². The van der Waals surface area contributed by atoms with Crippen molar-refractivity contribution < 1.29 is 4.74 Å². The molecular formula is C16H22N2O. The second-order valence-electron chi connectivity index (χ2n) is 5.89. The van der Waals surface area contributed by atoms with Crippen LogP contribution in [0.5, 0.6) is 5.75 Å². The molecule has 0 radical (unpaired) electrons. The minimum atomic E-state index is 0.109. The highest BCUT2D eigenvalue weighted by atomic mass is 16.5. The van der Waals surface area contributed by atoms with Crippen molar-refractivity contribution in [3.63, 3.8) is 0 Å². The molecule has 0 bridgehead atoms. The molecule has 3 nitrogen and oxygen atoms in total. The van der Waals surface area contributed by atoms with Crippen LogP contribution < -0.4 is 10.1 Å². The van der Waals surface area contributed by atoms with Crippen molar-refractivity contribution in [2.75, 3.05) is 6.54 Å². The zero-order valence-electron chi connectivity index (χ0n) is 12.1. The summed E-state index contributed by atoms with van der Waals surface area (Å²) in [6.45, 7) is 9.36. The summed E-state index contributed by atoms with van der Waals surface area (Å²) in [5.41, 5.74) is 1.08. The van der Waals surface area contributed by atoms with Crippen LogP contribution in [0.2, 0.25) is 0 Å². The smallest absolute Gasteiger partial charge is 0.129 e. The minimum absolute atomic E-state index is 0.109. The highest BCUT2D eigenvalue weighted by molar-refractivity contribution is 5.84. The topological polar surface area (TPSA) is 34.1 Å². The standard InChI is InChI=1S/C16H22N2O/c1-12(11-18-16(2,3)4)19-15-9-5-8-14-13(15)7-6-10-17-14/h5-10,12,18H,11H2,1-4H3. The molecule has 1 aromatic carbocycles. The van der Waals surface area contributed by atoms with E-state index in [0.29, 0.717) is 0 Å². The summed E-state index contributed by atoms with van der Waals surface area (Å²) in [4.78, 5) is 4.34. The average molecular weight is 258 g/mol. The molecule has 1 heterocycles. The molecule has 1 unspecified atom stereocenters. The van der Waals surface area contributed by atoms with Gasteiger partial charge in [-0.05, 0) is 52.0 Å². The molecule has 2 aromatic rings. The molecule has 0 fully saturated rings. The Bertz CT molecular complexity index is 540. The van der Waals surface area contributed by atoms with Gasteiger partial charge in [0.1, 0.15) is 11.9 Å². The molecule has 0 aliphatic carbocycles. The van der Waals surface area contributed by atoms with Crippen LogP contribution in [0.3, 0.4) is 0 Å². The lowest BCUT2D eigenvalue weighted by atomic mass is 10.1. The second-order valence-corrected chi connectivity index (χ2v) is 5.89. The molecule has 0 spiro atoms. The van der Waals surface area contributed by atoms with E-state index >= 15 is 0 Å². The average Bonchev–Trinajstić information content (AvgIpc) is 2.36. The Balaban J connectivity index is 2.09. The molecule has 2 rings (SSSR count). The van der Waals surface area contributed by atoms with Gasteiger partial charge in [-0.25, -0.2) is 0 Å². The Morgan fingerprint density at radius 2 is 2.00 bits per heavy atom. The van der Waals surface area contributed by atoms with Crippen LogP contribution in [-0.2, 0) is 0 Å². The molecule has 0 aliphatic rings. The van der Waals surface area contributed by atoms with Crippen molar-refractivity contribution in [1.82, 2.24) is 10.3 Å². The van der Waals surface area contributed by atoms with E-state index in [9.17, 15) is 0 Å². The van der Waals surface area contributed by atoms with Gasteiger partial charge in [0.2, 0.25) is 0 Å². The predicted molar refractivity (Wildman–Crippen MR) is 79.6 cm³/mol. The fourth-order valence-corrected chi connectivity index (χ4v) is 1.89. The third kappa shape index (κ3) is 3.93. The van der Waals surface area contributed by atoms with Gasteiger partial charge in [-0.2, -0.15) is 0 Å². The van der Waals surface area contributed by atoms with Crippen molar-refractivity contribution in [1.29, 1.82) is 0 Å². The van der Waals surface area contributed by atoms with Crippen LogP contribution in [0.1, 0.15) is 27.7 Å². The Kier molecular flexibility index (Phi) is 4.05. The molecule has 0 saturated carbocycles. The molecular weight excluding hydrogens is 236 g/mol. The highest BCUT2D eigenvalue weighted by Crippen LogP contribution is 2.24. The van der Waals surface area contributed by atoms with E-state index in [1.807, 2.05) is 30.3 Å². The summed E-state index contributed by atoms with van der Waals surface area (Å²) in [5.74, 6) is 0.897. The SMILES string of the molecule is CC(CNC(C)(C)C)Oc1cccc2ncccc12. The van der Waals surface area contributed by atoms with Crippen LogP contribution in [0.15, 0.2) is 36.5 Å². The number of ether oxygens (including phenoxy) is 1. The molecule has 1 N–H and O–H groups in total. The van der Waals surface area contributed by atoms with Gasteiger partial charge in [-0.3, -0.25) is 4.98 Å². The molecule has 19 heavy (non-hydrogen) atoms. The van der Waals surface area contributed by atoms with Crippen LogP contribution in [-0.4, -0.2) is 23.2 Å². The zero-order chi connectivity index (χ0) is 13.9. The first kappa shape index (κ1) is 13.8. The summed E-state index contributed by atoms with van der Waals surface area (Å²) in [6, 6.07) is 9.96. The first-order valence-electron chi connectivity index (χ1n) is 6.71. The van der Waals surface area contributed by atoms with Gasteiger partial charge in [0.05, 0.1) is 5.52 Å². The van der Waals surface area contributed by atoms with Crippen LogP contribution >= 0.6 is 0 Å². The van der Waals surface area contributed by atoms with Gasteiger partial charge in [0, 0.05) is 23.7 Å². The first-order chi connectivity index (χ1) is 8.96. The van der Waals surface area contributed by atoms with Gasteiger partial charge >= 0.3 is 0 Å². The lowest BCUT2D eigenvalue weighted by Crippen LogP contribution is -2.41. The molecule has 0 amide bonds. The maximum atomic E-state index is 6.02. The Hall–Kier alpha value is -1.61. The Labute approximate surface area is 115 Å². The highest BCUT2D eigenvalue weighted by Gasteiger charge is 2.12. The number of pyridine rings is 1. The van der Waals surface area contributed by atoms with E-state index in [4.69, 9.17) is 4.74 Å². The monoisotopic (exact) mass is 258 g/mol. The number of nitrogens with one attached hydrogen (secondary N) is 1. The van der Waals surface area contributed by atoms with Crippen molar-refractivity contribution >= 4 is 10.9 Å². The van der Waals surface area contributed by atoms with E-state index in [1.54, 1.807) is 6.20 Å². The van der Waals surface area contributed by atoms with Gasteiger partial charge in [-0.1, -0.05) is 6.07 Å². The van der Waals surface area contributed by atoms with Crippen LogP contribution in [0, 0.1) is 0 Å². The summed E-state index contributed by atoms with van der Waals surface area (Å²) in [5, 5.41) is 4.51. The largest absolute Gasteiger partial charge is 0.489 e. The summed E-state index contributed by atoms with van der Waals surface area (Å²) >= 11 is 0. The molecule has 1 atom stereocenters. The van der Waals surface area contributed by atoms with Crippen molar-refractivity contribution in [3.05, 3.63) is 36.5 Å². The van der Waals surface area contributed by atoms with E-state index in [1.165, 1.54) is 0 Å². The summed E-state index contributed by atoms with van der Waals surface area (Å²) in [7, 11) is 0. The molecule has 102 valence electrons. The van der Waals surface area contributed by atoms with Gasteiger partial charge < -0.3 is 10.1 Å². The van der Waals surface area contributed by atoms with E-state index < -0.39 is 0 Å². The second kappa shape index (κ2) is 5.57. The Morgan fingerprint density at radius 3 is 2.74 bits per heavy atom. The Morgan fingerprint density at radius 1 is 1.21 bits per heavy atom. The number of hydrogen-bond donors (Lipinski definition) is 1. The third-order valence-electron chi connectivity index (χ3n) is 2.85. The number of aromatic nitrogens is 1. The molecule has 3 heteroatoms. The fraction of sp³-hybridized carbons (Fsp3) is 0.438. The van der Waals surface area contributed by atoms with Gasteiger partial charge in [-0.15, -0.1) is 0 Å². The quantitative estimate of drug-likeness (QED) is 0.912. The lowest BCUT2D eigenvalue weighted by molar-refractivity contribution is 0.205. The maximum absolute atomic E-state index is 6.02. The van der Waals surface area contributed by atoms with Crippen molar-refractivity contribution in [2.24, 2.45) is 0 Å². The predicted octanol–water partition coefficient (Wildman–Crippen LogP) is 3.39. The summed E-state index contributed by atoms with van der Waals surface area (Å²) in [6.07, 6.45) is 1.92. The lowest BCUT2D eigenvalue weighted by Gasteiger charge is -2.24. The zero-order valence-corrected chi connectivity index (χ0v) is 12.1. The van der Waals surface area contributed by atoms with Gasteiger partial charge in [0.15, 0.2) is 0 Å². The molecule has 0 saturated heterocycles. The maximum Gasteiger partial charge on any atom is 0.129 e. The van der Waals surface area contributed by atoms with Gasteiger partial charge in [0.25, 0.3) is 0 Å². The van der Waals surface area contributed by atoms with Crippen molar-refractivity contribution in [3.8, 4) is 5.75 Å². The number of fused-ring (bicyclic) bond motifs is 1. The van der Waals surface area contributed by atoms with E-state index in [0.717, 1.165) is 23.2 Å². The van der Waals surface area contributed by atoms with E-state index in [2.05, 4.69) is 38.0 Å². The normalized spacial score (nSPS) is 13.5. The number of hydrogen-bond acceptors (Lipinski definition) is 3. The third-order valence-corrected chi connectivity index (χ3v) is 2.85. The molecule has 0 aliphatic heterocycles. The fourth-order valence-electron chi connectivity index (χ4n) is 1.89.